The molecule has 0 unspecified atom stereocenters. The van der Waals surface area contributed by atoms with E-state index in [9.17, 15) is 0 Å². The van der Waals surface area contributed by atoms with Crippen molar-refractivity contribution < 1.29 is 18.9 Å². The van der Waals surface area contributed by atoms with Crippen LogP contribution in [0.5, 0.6) is 11.5 Å². The zero-order valence-electron chi connectivity index (χ0n) is 11.9. The van der Waals surface area contributed by atoms with Gasteiger partial charge in [-0.1, -0.05) is 36.4 Å². The van der Waals surface area contributed by atoms with Gasteiger partial charge in [-0.15, -0.1) is 0 Å². The van der Waals surface area contributed by atoms with Crippen LogP contribution in [0, 0.1) is 0 Å². The molecule has 2 aromatic rings. The van der Waals surface area contributed by atoms with Crippen molar-refractivity contribution in [1.82, 2.24) is 0 Å². The zero-order valence-corrected chi connectivity index (χ0v) is 11.9. The Morgan fingerprint density at radius 2 is 0.952 bits per heavy atom. The van der Waals surface area contributed by atoms with Crippen LogP contribution in [-0.4, -0.2) is 33.2 Å². The first-order valence-electron chi connectivity index (χ1n) is 6.96. The summed E-state index contributed by atoms with van der Waals surface area (Å²) in [5.74, 6) is 1.69. The second-order valence-electron chi connectivity index (χ2n) is 4.26. The predicted molar refractivity (Wildman–Crippen MR) is 80.6 cm³/mol. The number of ether oxygens (including phenoxy) is 4. The van der Waals surface area contributed by atoms with Gasteiger partial charge in [0.2, 0.25) is 0 Å². The molecule has 0 bridgehead atoms. The van der Waals surface area contributed by atoms with Gasteiger partial charge in [-0.3, -0.25) is 0 Å². The first kappa shape index (κ1) is 15.4. The van der Waals surface area contributed by atoms with E-state index in [0.717, 1.165) is 11.5 Å². The minimum absolute atomic E-state index is 0.246. The van der Waals surface area contributed by atoms with Crippen molar-refractivity contribution in [2.24, 2.45) is 0 Å². The van der Waals surface area contributed by atoms with Gasteiger partial charge in [-0.05, 0) is 24.3 Å². The Morgan fingerprint density at radius 3 is 1.38 bits per heavy atom. The molecule has 112 valence electrons. The summed E-state index contributed by atoms with van der Waals surface area (Å²) in [6, 6.07) is 19.3. The molecule has 0 aliphatic carbocycles. The Kier molecular flexibility index (Phi) is 7.16. The lowest BCUT2D eigenvalue weighted by Crippen LogP contribution is -2.12. The van der Waals surface area contributed by atoms with Crippen molar-refractivity contribution in [2.75, 3.05) is 33.2 Å². The summed E-state index contributed by atoms with van der Waals surface area (Å²) in [4.78, 5) is 0. The van der Waals surface area contributed by atoms with E-state index in [1.807, 2.05) is 60.7 Å². The molecule has 0 atom stereocenters. The molecule has 4 heteroatoms. The summed E-state index contributed by atoms with van der Waals surface area (Å²) in [6.45, 7) is 2.25. The van der Waals surface area contributed by atoms with E-state index in [1.54, 1.807) is 0 Å². The maximum Gasteiger partial charge on any atom is 0.147 e. The van der Waals surface area contributed by atoms with Crippen LogP contribution in [0.25, 0.3) is 0 Å². The van der Waals surface area contributed by atoms with E-state index >= 15 is 0 Å². The van der Waals surface area contributed by atoms with E-state index in [1.165, 1.54) is 0 Å². The van der Waals surface area contributed by atoms with Crippen LogP contribution in [0.15, 0.2) is 60.7 Å². The van der Waals surface area contributed by atoms with Crippen molar-refractivity contribution >= 4 is 0 Å². The normalized spacial score (nSPS) is 10.3. The highest BCUT2D eigenvalue weighted by molar-refractivity contribution is 5.21. The molecular weight excluding hydrogens is 268 g/mol. The summed E-state index contributed by atoms with van der Waals surface area (Å²) in [6.07, 6.45) is 0. The van der Waals surface area contributed by atoms with Crippen LogP contribution in [0.3, 0.4) is 0 Å². The molecule has 4 nitrogen and oxygen atoms in total. The van der Waals surface area contributed by atoms with Crippen LogP contribution in [0.4, 0.5) is 0 Å². The molecule has 0 aromatic heterocycles. The molecule has 0 saturated carbocycles. The molecule has 2 rings (SSSR count). The van der Waals surface area contributed by atoms with Crippen molar-refractivity contribution in [3.05, 3.63) is 60.7 Å². The number of hydrogen-bond acceptors (Lipinski definition) is 4. The number of benzene rings is 2. The molecule has 0 N–H and O–H groups in total. The zero-order chi connectivity index (χ0) is 14.6. The number of para-hydroxylation sites is 2. The summed E-state index contributed by atoms with van der Waals surface area (Å²) >= 11 is 0. The summed E-state index contributed by atoms with van der Waals surface area (Å²) in [7, 11) is 0. The maximum absolute atomic E-state index is 5.49. The quantitative estimate of drug-likeness (QED) is 0.497. The summed E-state index contributed by atoms with van der Waals surface area (Å²) in [5, 5.41) is 0. The molecular formula is C17H20O4. The van der Waals surface area contributed by atoms with Gasteiger partial charge in [-0.25, -0.2) is 0 Å². The molecule has 0 aliphatic rings. The van der Waals surface area contributed by atoms with Gasteiger partial charge in [-0.2, -0.15) is 0 Å². The van der Waals surface area contributed by atoms with Gasteiger partial charge >= 0.3 is 0 Å². The SMILES string of the molecule is c1ccc(OCCOCOCCOc2ccccc2)cc1. The molecule has 0 radical (unpaired) electrons. The third-order valence-electron chi connectivity index (χ3n) is 2.65. The molecule has 0 saturated heterocycles. The monoisotopic (exact) mass is 288 g/mol. The standard InChI is InChI=1S/C17H20O4/c1-3-7-16(8-4-1)20-13-11-18-15-19-12-14-21-17-9-5-2-6-10-17/h1-10H,11-15H2. The van der Waals surface area contributed by atoms with Crippen LogP contribution in [0.2, 0.25) is 0 Å². The fourth-order valence-corrected chi connectivity index (χ4v) is 1.65. The van der Waals surface area contributed by atoms with Gasteiger partial charge in [0.15, 0.2) is 0 Å². The first-order chi connectivity index (χ1) is 10.4. The molecule has 2 aromatic carbocycles. The lowest BCUT2D eigenvalue weighted by molar-refractivity contribution is -0.0662. The molecule has 0 spiro atoms. The highest BCUT2D eigenvalue weighted by atomic mass is 16.7. The van der Waals surface area contributed by atoms with Gasteiger partial charge in [0.25, 0.3) is 0 Å². The van der Waals surface area contributed by atoms with Crippen molar-refractivity contribution in [3.63, 3.8) is 0 Å². The van der Waals surface area contributed by atoms with Crippen LogP contribution in [0.1, 0.15) is 0 Å². The van der Waals surface area contributed by atoms with E-state index in [4.69, 9.17) is 18.9 Å². The Balaban J connectivity index is 1.40. The Hall–Kier alpha value is -2.04. The lowest BCUT2D eigenvalue weighted by atomic mass is 10.3. The minimum Gasteiger partial charge on any atom is -0.491 e. The van der Waals surface area contributed by atoms with Gasteiger partial charge < -0.3 is 18.9 Å². The highest BCUT2D eigenvalue weighted by Gasteiger charge is 1.94. The molecule has 0 aliphatic heterocycles. The van der Waals surface area contributed by atoms with Crippen LogP contribution >= 0.6 is 0 Å². The second kappa shape index (κ2) is 9.80. The third kappa shape index (κ3) is 6.79. The van der Waals surface area contributed by atoms with E-state index < -0.39 is 0 Å². The van der Waals surface area contributed by atoms with Gasteiger partial charge in [0.1, 0.15) is 31.5 Å². The first-order valence-corrected chi connectivity index (χ1v) is 6.96. The van der Waals surface area contributed by atoms with Gasteiger partial charge in [0.05, 0.1) is 13.2 Å². The lowest BCUT2D eigenvalue weighted by Gasteiger charge is -2.08. The summed E-state index contributed by atoms with van der Waals surface area (Å²) < 4.78 is 21.6. The van der Waals surface area contributed by atoms with Crippen molar-refractivity contribution in [2.45, 2.75) is 0 Å². The largest absolute Gasteiger partial charge is 0.491 e. The number of hydrogen-bond donors (Lipinski definition) is 0. The van der Waals surface area contributed by atoms with Crippen molar-refractivity contribution in [1.29, 1.82) is 0 Å². The second-order valence-corrected chi connectivity index (χ2v) is 4.26. The fraction of sp³-hybridized carbons (Fsp3) is 0.294. The van der Waals surface area contributed by atoms with Gasteiger partial charge in [0, 0.05) is 0 Å². The summed E-state index contributed by atoms with van der Waals surface area (Å²) in [5.41, 5.74) is 0. The third-order valence-corrected chi connectivity index (χ3v) is 2.65. The van der Waals surface area contributed by atoms with Crippen LogP contribution in [-0.2, 0) is 9.47 Å². The highest BCUT2D eigenvalue weighted by Crippen LogP contribution is 2.08. The van der Waals surface area contributed by atoms with Crippen molar-refractivity contribution in [3.8, 4) is 11.5 Å². The van der Waals surface area contributed by atoms with E-state index in [2.05, 4.69) is 0 Å². The Morgan fingerprint density at radius 1 is 0.524 bits per heavy atom. The van der Waals surface area contributed by atoms with Crippen LogP contribution < -0.4 is 9.47 Å². The topological polar surface area (TPSA) is 36.9 Å². The molecule has 0 amide bonds. The fourth-order valence-electron chi connectivity index (χ4n) is 1.65. The van der Waals surface area contributed by atoms with E-state index in [0.29, 0.717) is 26.4 Å². The molecule has 0 heterocycles. The average Bonchev–Trinajstić information content (AvgIpc) is 2.55. The Labute approximate surface area is 125 Å². The molecule has 21 heavy (non-hydrogen) atoms. The minimum atomic E-state index is 0.246. The van der Waals surface area contributed by atoms with E-state index in [-0.39, 0.29) is 6.79 Å². The Bertz CT molecular complexity index is 427. The number of rotatable bonds is 10. The smallest absolute Gasteiger partial charge is 0.147 e. The average molecular weight is 288 g/mol. The predicted octanol–water partition coefficient (Wildman–Crippen LogP) is 3.14. The maximum atomic E-state index is 5.49. The molecule has 0 fully saturated rings.